The Morgan fingerprint density at radius 1 is 1.17 bits per heavy atom. The molecule has 1 unspecified atom stereocenters. The third-order valence-corrected chi connectivity index (χ3v) is 3.15. The molecule has 0 saturated heterocycles. The number of ether oxygens (including phenoxy) is 1. The average molecular weight is 246 g/mol. The largest absolute Gasteiger partial charge is 0.494 e. The van der Waals surface area contributed by atoms with Gasteiger partial charge in [0.05, 0.1) is 6.61 Å². The van der Waals surface area contributed by atoms with E-state index in [-0.39, 0.29) is 0 Å². The Hall–Kier alpha value is -1.24. The van der Waals surface area contributed by atoms with E-state index in [2.05, 4.69) is 44.7 Å². The van der Waals surface area contributed by atoms with Gasteiger partial charge in [-0.15, -0.1) is 6.58 Å². The topological polar surface area (TPSA) is 9.23 Å². The summed E-state index contributed by atoms with van der Waals surface area (Å²) in [6, 6.07) is 8.46. The minimum Gasteiger partial charge on any atom is -0.494 e. The first-order chi connectivity index (χ1) is 8.76. The van der Waals surface area contributed by atoms with Gasteiger partial charge in [0.25, 0.3) is 0 Å². The van der Waals surface area contributed by atoms with Crippen LogP contribution in [0.15, 0.2) is 36.9 Å². The maximum absolute atomic E-state index is 5.72. The van der Waals surface area contributed by atoms with E-state index in [0.717, 1.165) is 25.2 Å². The van der Waals surface area contributed by atoms with Gasteiger partial charge in [0.15, 0.2) is 0 Å². The molecule has 0 aliphatic rings. The van der Waals surface area contributed by atoms with Gasteiger partial charge in [-0.3, -0.25) is 0 Å². The molecule has 1 heteroatoms. The molecule has 0 radical (unpaired) electrons. The van der Waals surface area contributed by atoms with Crippen LogP contribution in [-0.4, -0.2) is 6.61 Å². The summed E-state index contributed by atoms with van der Waals surface area (Å²) < 4.78 is 5.72. The minimum atomic E-state index is 0.533. The number of hydrogen-bond donors (Lipinski definition) is 0. The molecule has 0 fully saturated rings. The molecule has 0 saturated carbocycles. The highest BCUT2D eigenvalue weighted by Crippen LogP contribution is 2.16. The van der Waals surface area contributed by atoms with Gasteiger partial charge in [-0.2, -0.15) is 0 Å². The Bertz CT molecular complexity index is 326. The molecule has 0 amide bonds. The van der Waals surface area contributed by atoms with Crippen molar-refractivity contribution >= 4 is 0 Å². The number of rotatable bonds is 9. The fourth-order valence-corrected chi connectivity index (χ4v) is 1.90. The second-order valence-electron chi connectivity index (χ2n) is 4.97. The number of hydrogen-bond acceptors (Lipinski definition) is 1. The average Bonchev–Trinajstić information content (AvgIpc) is 2.40. The van der Waals surface area contributed by atoms with Crippen LogP contribution >= 0.6 is 0 Å². The van der Waals surface area contributed by atoms with Crippen LogP contribution in [0, 0.1) is 5.92 Å². The zero-order valence-electron chi connectivity index (χ0n) is 11.8. The standard InChI is InChI=1S/C17H26O/c1-4-6-7-8-13-18-17-11-9-16(10-12-17)14-15(3)5-2/h5,9-12,15H,2,4,6-8,13-14H2,1,3H3. The van der Waals surface area contributed by atoms with Crippen molar-refractivity contribution in [2.45, 2.75) is 46.0 Å². The Labute approximate surface area is 112 Å². The summed E-state index contributed by atoms with van der Waals surface area (Å²) >= 11 is 0. The van der Waals surface area contributed by atoms with Gasteiger partial charge in [-0.05, 0) is 36.5 Å². The molecule has 0 aromatic heterocycles. The second kappa shape index (κ2) is 8.79. The Morgan fingerprint density at radius 3 is 2.50 bits per heavy atom. The predicted octanol–water partition coefficient (Wildman–Crippen LogP) is 5.01. The van der Waals surface area contributed by atoms with Crippen molar-refractivity contribution < 1.29 is 4.74 Å². The van der Waals surface area contributed by atoms with E-state index in [9.17, 15) is 0 Å². The van der Waals surface area contributed by atoms with E-state index in [1.54, 1.807) is 0 Å². The maximum atomic E-state index is 5.72. The van der Waals surface area contributed by atoms with E-state index >= 15 is 0 Å². The normalized spacial score (nSPS) is 12.1. The molecule has 1 nitrogen and oxygen atoms in total. The maximum Gasteiger partial charge on any atom is 0.119 e. The molecular weight excluding hydrogens is 220 g/mol. The summed E-state index contributed by atoms with van der Waals surface area (Å²) in [5, 5.41) is 0. The third-order valence-electron chi connectivity index (χ3n) is 3.15. The third kappa shape index (κ3) is 5.90. The van der Waals surface area contributed by atoms with Gasteiger partial charge in [0, 0.05) is 0 Å². The highest BCUT2D eigenvalue weighted by atomic mass is 16.5. The van der Waals surface area contributed by atoms with Crippen LogP contribution in [0.4, 0.5) is 0 Å². The lowest BCUT2D eigenvalue weighted by atomic mass is 10.0. The van der Waals surface area contributed by atoms with E-state index in [4.69, 9.17) is 4.74 Å². The molecule has 0 bridgehead atoms. The molecule has 0 aliphatic heterocycles. The number of allylic oxidation sites excluding steroid dienone is 1. The smallest absolute Gasteiger partial charge is 0.119 e. The highest BCUT2D eigenvalue weighted by molar-refractivity contribution is 5.27. The first kappa shape index (κ1) is 14.8. The molecule has 18 heavy (non-hydrogen) atoms. The molecule has 0 heterocycles. The first-order valence-electron chi connectivity index (χ1n) is 7.10. The zero-order valence-corrected chi connectivity index (χ0v) is 11.8. The summed E-state index contributed by atoms with van der Waals surface area (Å²) in [6.45, 7) is 9.06. The molecule has 1 aromatic carbocycles. The van der Waals surface area contributed by atoms with Crippen molar-refractivity contribution in [2.75, 3.05) is 6.61 Å². The van der Waals surface area contributed by atoms with Crippen molar-refractivity contribution in [1.82, 2.24) is 0 Å². The van der Waals surface area contributed by atoms with Crippen molar-refractivity contribution in [1.29, 1.82) is 0 Å². The Kier molecular flexibility index (Phi) is 7.24. The Morgan fingerprint density at radius 2 is 1.89 bits per heavy atom. The lowest BCUT2D eigenvalue weighted by Crippen LogP contribution is -1.98. The van der Waals surface area contributed by atoms with Gasteiger partial charge < -0.3 is 4.74 Å². The summed E-state index contributed by atoms with van der Waals surface area (Å²) in [5.41, 5.74) is 1.35. The van der Waals surface area contributed by atoms with Gasteiger partial charge in [0.2, 0.25) is 0 Å². The fraction of sp³-hybridized carbons (Fsp3) is 0.529. The van der Waals surface area contributed by atoms with E-state index in [0.29, 0.717) is 5.92 Å². The second-order valence-corrected chi connectivity index (χ2v) is 4.97. The van der Waals surface area contributed by atoms with Gasteiger partial charge in [-0.1, -0.05) is 51.3 Å². The molecule has 0 N–H and O–H groups in total. The molecule has 100 valence electrons. The number of benzene rings is 1. The van der Waals surface area contributed by atoms with Crippen LogP contribution in [-0.2, 0) is 6.42 Å². The van der Waals surface area contributed by atoms with Crippen LogP contribution in [0.5, 0.6) is 5.75 Å². The summed E-state index contributed by atoms with van der Waals surface area (Å²) in [5.74, 6) is 1.52. The van der Waals surface area contributed by atoms with Crippen LogP contribution < -0.4 is 4.74 Å². The summed E-state index contributed by atoms with van der Waals surface area (Å²) in [6.07, 6.45) is 8.06. The minimum absolute atomic E-state index is 0.533. The van der Waals surface area contributed by atoms with Crippen molar-refractivity contribution in [3.63, 3.8) is 0 Å². The molecular formula is C17H26O. The monoisotopic (exact) mass is 246 g/mol. The molecule has 1 rings (SSSR count). The van der Waals surface area contributed by atoms with Crippen LogP contribution in [0.2, 0.25) is 0 Å². The fourth-order valence-electron chi connectivity index (χ4n) is 1.90. The lowest BCUT2D eigenvalue weighted by Gasteiger charge is -2.08. The van der Waals surface area contributed by atoms with Crippen LogP contribution in [0.3, 0.4) is 0 Å². The van der Waals surface area contributed by atoms with Gasteiger partial charge >= 0.3 is 0 Å². The first-order valence-corrected chi connectivity index (χ1v) is 7.10. The Balaban J connectivity index is 2.29. The van der Waals surface area contributed by atoms with E-state index in [1.165, 1.54) is 24.8 Å². The molecule has 0 aliphatic carbocycles. The molecule has 1 aromatic rings. The van der Waals surface area contributed by atoms with E-state index < -0.39 is 0 Å². The molecule has 1 atom stereocenters. The van der Waals surface area contributed by atoms with Crippen molar-refractivity contribution in [3.05, 3.63) is 42.5 Å². The lowest BCUT2D eigenvalue weighted by molar-refractivity contribution is 0.305. The number of unbranched alkanes of at least 4 members (excludes halogenated alkanes) is 3. The van der Waals surface area contributed by atoms with Crippen LogP contribution in [0.25, 0.3) is 0 Å². The van der Waals surface area contributed by atoms with Gasteiger partial charge in [-0.25, -0.2) is 0 Å². The summed E-state index contributed by atoms with van der Waals surface area (Å²) in [4.78, 5) is 0. The van der Waals surface area contributed by atoms with Crippen LogP contribution in [0.1, 0.15) is 45.1 Å². The summed E-state index contributed by atoms with van der Waals surface area (Å²) in [7, 11) is 0. The predicted molar refractivity (Wildman–Crippen MR) is 79.1 cm³/mol. The van der Waals surface area contributed by atoms with Crippen molar-refractivity contribution in [2.24, 2.45) is 5.92 Å². The molecule has 0 spiro atoms. The van der Waals surface area contributed by atoms with Crippen molar-refractivity contribution in [3.8, 4) is 5.75 Å². The van der Waals surface area contributed by atoms with E-state index in [1.807, 2.05) is 6.08 Å². The van der Waals surface area contributed by atoms with Gasteiger partial charge in [0.1, 0.15) is 5.75 Å². The quantitative estimate of drug-likeness (QED) is 0.439. The SMILES string of the molecule is C=CC(C)Cc1ccc(OCCCCCC)cc1. The highest BCUT2D eigenvalue weighted by Gasteiger charge is 2.00. The zero-order chi connectivity index (χ0) is 13.2.